The van der Waals surface area contributed by atoms with Crippen molar-refractivity contribution in [1.29, 1.82) is 0 Å². The van der Waals surface area contributed by atoms with Gasteiger partial charge in [0, 0.05) is 38.3 Å². The molecule has 0 atom stereocenters. The molecule has 1 saturated heterocycles. The maximum Gasteiger partial charge on any atom is 0.0104 e. The maximum absolute atomic E-state index is 3.31. The van der Waals surface area contributed by atoms with E-state index in [1.54, 1.807) is 0 Å². The van der Waals surface area contributed by atoms with Crippen LogP contribution < -0.4 is 16.0 Å². The van der Waals surface area contributed by atoms with Crippen LogP contribution in [0.2, 0.25) is 0 Å². The molecule has 0 unspecified atom stereocenters. The van der Waals surface area contributed by atoms with Crippen LogP contribution in [0, 0.1) is 0 Å². The Hall–Kier alpha value is -0.160. The predicted octanol–water partition coefficient (Wildman–Crippen LogP) is 4.36. The van der Waals surface area contributed by atoms with Gasteiger partial charge in [0.05, 0.1) is 0 Å². The maximum atomic E-state index is 3.31. The molecule has 0 aliphatic carbocycles. The van der Waals surface area contributed by atoms with Crippen LogP contribution in [0.15, 0.2) is 0 Å². The van der Waals surface area contributed by atoms with Gasteiger partial charge >= 0.3 is 0 Å². The minimum Gasteiger partial charge on any atom is -0.320 e. The van der Waals surface area contributed by atoms with Crippen LogP contribution in [0.25, 0.3) is 0 Å². The highest BCUT2D eigenvalue weighted by Crippen LogP contribution is 1.89. The Bertz CT molecular complexity index is 169. The number of unbranched alkanes of at least 4 members (excludes halogenated alkanes) is 2. The molecule has 0 amide bonds. The van der Waals surface area contributed by atoms with E-state index in [0.29, 0.717) is 12.1 Å². The van der Waals surface area contributed by atoms with Gasteiger partial charge in [0.15, 0.2) is 0 Å². The summed E-state index contributed by atoms with van der Waals surface area (Å²) in [5.74, 6) is 0. The van der Waals surface area contributed by atoms with Gasteiger partial charge in [0.2, 0.25) is 0 Å². The third-order valence-corrected chi connectivity index (χ3v) is 3.04. The first kappa shape index (κ1) is 32.5. The van der Waals surface area contributed by atoms with Crippen LogP contribution in [0.1, 0.15) is 81.6 Å². The van der Waals surface area contributed by atoms with E-state index in [9.17, 15) is 0 Å². The van der Waals surface area contributed by atoms with E-state index in [1.807, 2.05) is 34.7 Å². The SMILES string of the molecule is CC.CC.CC(C)NC(C)C.CCCCCNC.CN1CCNCC1. The Kier molecular flexibility index (Phi) is 41.1. The lowest BCUT2D eigenvalue weighted by Gasteiger charge is -2.21. The second-order valence-electron chi connectivity index (χ2n) is 6.34. The quantitative estimate of drug-likeness (QED) is 0.614. The zero-order valence-electron chi connectivity index (χ0n) is 19.8. The number of likely N-dealkylation sites (N-methyl/N-ethyl adjacent to an activating group) is 1. The summed E-state index contributed by atoms with van der Waals surface area (Å²) < 4.78 is 0. The predicted molar refractivity (Wildman–Crippen MR) is 120 cm³/mol. The second-order valence-corrected chi connectivity index (χ2v) is 6.34. The number of hydrogen-bond acceptors (Lipinski definition) is 4. The molecule has 0 aromatic carbocycles. The van der Waals surface area contributed by atoms with Crippen molar-refractivity contribution in [2.45, 2.75) is 93.7 Å². The summed E-state index contributed by atoms with van der Waals surface area (Å²) >= 11 is 0. The Labute approximate surface area is 161 Å². The monoisotopic (exact) mass is 362 g/mol. The fourth-order valence-electron chi connectivity index (χ4n) is 2.00. The highest BCUT2D eigenvalue weighted by atomic mass is 15.2. The van der Waals surface area contributed by atoms with Crippen LogP contribution in [-0.4, -0.2) is 63.8 Å². The standard InChI is InChI=1S/2C6H15N.C5H12N2.2C2H6/c1-5(2)7-6(3)4;1-3-4-5-6-7-2;1-7-4-2-6-3-5-7;2*1-2/h5-7H,1-4H3;7H,3-6H2,1-2H3;6H,2-5H2,1H3;2*1-2H3. The Morgan fingerprint density at radius 3 is 1.52 bits per heavy atom. The molecule has 0 aromatic heterocycles. The lowest BCUT2D eigenvalue weighted by atomic mass is 10.2. The summed E-state index contributed by atoms with van der Waals surface area (Å²) in [5, 5.41) is 9.68. The first-order valence-corrected chi connectivity index (χ1v) is 10.7. The number of nitrogens with zero attached hydrogens (tertiary/aromatic N) is 1. The molecule has 1 fully saturated rings. The van der Waals surface area contributed by atoms with E-state index in [2.05, 4.69) is 62.5 Å². The van der Waals surface area contributed by atoms with Crippen molar-refractivity contribution in [3.05, 3.63) is 0 Å². The summed E-state index contributed by atoms with van der Waals surface area (Å²) in [7, 11) is 4.15. The van der Waals surface area contributed by atoms with Crippen molar-refractivity contribution < 1.29 is 0 Å². The van der Waals surface area contributed by atoms with E-state index >= 15 is 0 Å². The molecule has 4 nitrogen and oxygen atoms in total. The van der Waals surface area contributed by atoms with E-state index in [0.717, 1.165) is 13.1 Å². The molecule has 1 heterocycles. The van der Waals surface area contributed by atoms with E-state index < -0.39 is 0 Å². The summed E-state index contributed by atoms with van der Waals surface area (Å²) in [6, 6.07) is 1.25. The van der Waals surface area contributed by atoms with Gasteiger partial charge in [-0.05, 0) is 27.1 Å². The van der Waals surface area contributed by atoms with Crippen LogP contribution in [0.3, 0.4) is 0 Å². The lowest BCUT2D eigenvalue weighted by molar-refractivity contribution is 0.291. The van der Waals surface area contributed by atoms with Crippen LogP contribution >= 0.6 is 0 Å². The summed E-state index contributed by atoms with van der Waals surface area (Å²) in [5.41, 5.74) is 0. The Morgan fingerprint density at radius 1 is 0.880 bits per heavy atom. The van der Waals surface area contributed by atoms with E-state index in [-0.39, 0.29) is 0 Å². The molecule has 0 saturated carbocycles. The van der Waals surface area contributed by atoms with Crippen molar-refractivity contribution in [2.24, 2.45) is 0 Å². The fraction of sp³-hybridized carbons (Fsp3) is 1.00. The molecule has 25 heavy (non-hydrogen) atoms. The second kappa shape index (κ2) is 31.6. The van der Waals surface area contributed by atoms with E-state index in [4.69, 9.17) is 0 Å². The van der Waals surface area contributed by atoms with Crippen molar-refractivity contribution >= 4 is 0 Å². The Balaban J connectivity index is -0.000000120. The van der Waals surface area contributed by atoms with Crippen molar-refractivity contribution in [3.8, 4) is 0 Å². The molecule has 3 N–H and O–H groups in total. The molecule has 1 aliphatic rings. The molecule has 1 aliphatic heterocycles. The van der Waals surface area contributed by atoms with Gasteiger partial charge in [-0.25, -0.2) is 0 Å². The average molecular weight is 363 g/mol. The Morgan fingerprint density at radius 2 is 1.32 bits per heavy atom. The van der Waals surface area contributed by atoms with Crippen molar-refractivity contribution in [1.82, 2.24) is 20.9 Å². The summed E-state index contributed by atoms with van der Waals surface area (Å²) in [6.45, 7) is 24.7. The molecular formula is C21H54N4. The molecular weight excluding hydrogens is 308 g/mol. The topological polar surface area (TPSA) is 39.3 Å². The number of piperazine rings is 1. The van der Waals surface area contributed by atoms with Gasteiger partial charge in [0.1, 0.15) is 0 Å². The molecule has 1 rings (SSSR count). The molecule has 158 valence electrons. The third-order valence-electron chi connectivity index (χ3n) is 3.04. The molecule has 0 radical (unpaired) electrons. The van der Waals surface area contributed by atoms with Gasteiger partial charge in [-0.15, -0.1) is 0 Å². The summed E-state index contributed by atoms with van der Waals surface area (Å²) in [4.78, 5) is 2.33. The lowest BCUT2D eigenvalue weighted by Crippen LogP contribution is -2.40. The highest BCUT2D eigenvalue weighted by molar-refractivity contribution is 4.62. The number of rotatable bonds is 6. The van der Waals surface area contributed by atoms with Crippen LogP contribution in [0.5, 0.6) is 0 Å². The van der Waals surface area contributed by atoms with Gasteiger partial charge in [-0.2, -0.15) is 0 Å². The molecule has 0 spiro atoms. The minimum absolute atomic E-state index is 0.625. The average Bonchev–Trinajstić information content (AvgIpc) is 2.60. The minimum atomic E-state index is 0.625. The highest BCUT2D eigenvalue weighted by Gasteiger charge is 2.01. The number of hydrogen-bond donors (Lipinski definition) is 3. The molecule has 4 heteroatoms. The molecule has 0 bridgehead atoms. The molecule has 0 aromatic rings. The third kappa shape index (κ3) is 45.3. The normalized spacial score (nSPS) is 13.3. The first-order valence-electron chi connectivity index (χ1n) is 10.7. The first-order chi connectivity index (χ1) is 11.9. The van der Waals surface area contributed by atoms with Gasteiger partial charge in [0.25, 0.3) is 0 Å². The zero-order valence-corrected chi connectivity index (χ0v) is 19.8. The smallest absolute Gasteiger partial charge is 0.0104 e. The van der Waals surface area contributed by atoms with Gasteiger partial charge in [-0.1, -0.05) is 75.2 Å². The van der Waals surface area contributed by atoms with Crippen LogP contribution in [-0.2, 0) is 0 Å². The van der Waals surface area contributed by atoms with Crippen molar-refractivity contribution in [2.75, 3.05) is 46.8 Å². The summed E-state index contributed by atoms with van der Waals surface area (Å²) in [6.07, 6.45) is 4.01. The number of nitrogens with one attached hydrogen (secondary N) is 3. The zero-order chi connectivity index (χ0) is 20.5. The van der Waals surface area contributed by atoms with Gasteiger partial charge < -0.3 is 20.9 Å². The van der Waals surface area contributed by atoms with Gasteiger partial charge in [-0.3, -0.25) is 0 Å². The van der Waals surface area contributed by atoms with Crippen LogP contribution in [0.4, 0.5) is 0 Å². The van der Waals surface area contributed by atoms with Crippen molar-refractivity contribution in [3.63, 3.8) is 0 Å². The fourth-order valence-corrected chi connectivity index (χ4v) is 2.00. The van der Waals surface area contributed by atoms with E-state index in [1.165, 1.54) is 38.9 Å². The largest absolute Gasteiger partial charge is 0.320 e.